The molecule has 0 bridgehead atoms. The number of allylic oxidation sites excluding steroid dienone is 3. The highest BCUT2D eigenvalue weighted by Gasteiger charge is 2.34. The van der Waals surface area contributed by atoms with Crippen LogP contribution in [0.4, 0.5) is 0 Å². The van der Waals surface area contributed by atoms with Crippen molar-refractivity contribution in [1.29, 1.82) is 0 Å². The summed E-state index contributed by atoms with van der Waals surface area (Å²) in [7, 11) is 0. The lowest BCUT2D eigenvalue weighted by atomic mass is 9.81. The highest BCUT2D eigenvalue weighted by molar-refractivity contribution is 9.10. The molecule has 0 aromatic heterocycles. The van der Waals surface area contributed by atoms with E-state index in [2.05, 4.69) is 72.3 Å². The van der Waals surface area contributed by atoms with Crippen molar-refractivity contribution >= 4 is 27.6 Å². The van der Waals surface area contributed by atoms with E-state index in [-0.39, 0.29) is 0 Å². The molecule has 0 saturated carbocycles. The summed E-state index contributed by atoms with van der Waals surface area (Å²) in [6.07, 6.45) is 5.59. The van der Waals surface area contributed by atoms with Crippen molar-refractivity contribution < 1.29 is 9.47 Å². The molecule has 2 aromatic rings. The van der Waals surface area contributed by atoms with Crippen LogP contribution in [-0.2, 0) is 6.42 Å². The Morgan fingerprint density at radius 1 is 1.20 bits per heavy atom. The molecule has 0 N–H and O–H groups in total. The first kappa shape index (κ1) is 15.3. The van der Waals surface area contributed by atoms with Gasteiger partial charge in [0.1, 0.15) is 0 Å². The maximum atomic E-state index is 5.66. The number of hydrogen-bond acceptors (Lipinski definition) is 2. The van der Waals surface area contributed by atoms with Crippen LogP contribution in [0.1, 0.15) is 42.0 Å². The number of hydrogen-bond donors (Lipinski definition) is 0. The average molecular weight is 395 g/mol. The fraction of sp³-hybridized carbons (Fsp3) is 0.273. The minimum absolute atomic E-state index is 0.309. The largest absolute Gasteiger partial charge is 0.454 e. The second-order valence-electron chi connectivity index (χ2n) is 7.12. The molecular formula is C22H19BrO2. The zero-order valence-corrected chi connectivity index (χ0v) is 15.9. The van der Waals surface area contributed by atoms with E-state index < -0.39 is 0 Å². The maximum Gasteiger partial charge on any atom is 0.231 e. The van der Waals surface area contributed by atoms with Crippen molar-refractivity contribution in [2.45, 2.75) is 26.2 Å². The predicted molar refractivity (Wildman–Crippen MR) is 104 cm³/mol. The first-order chi connectivity index (χ1) is 12.1. The molecule has 2 aromatic carbocycles. The number of ether oxygens (including phenoxy) is 2. The minimum Gasteiger partial charge on any atom is -0.454 e. The number of benzene rings is 2. The van der Waals surface area contributed by atoms with Gasteiger partial charge in [-0.05, 0) is 69.1 Å². The molecule has 3 heteroatoms. The monoisotopic (exact) mass is 394 g/mol. The third-order valence-corrected chi connectivity index (χ3v) is 6.57. The highest BCUT2D eigenvalue weighted by atomic mass is 79.9. The van der Waals surface area contributed by atoms with Crippen molar-refractivity contribution in [3.63, 3.8) is 0 Å². The van der Waals surface area contributed by atoms with Crippen molar-refractivity contribution in [1.82, 2.24) is 0 Å². The summed E-state index contributed by atoms with van der Waals surface area (Å²) in [5, 5.41) is 0. The summed E-state index contributed by atoms with van der Waals surface area (Å²) < 4.78 is 12.4. The van der Waals surface area contributed by atoms with Gasteiger partial charge in [-0.25, -0.2) is 0 Å². The van der Waals surface area contributed by atoms with Crippen molar-refractivity contribution in [2.24, 2.45) is 5.92 Å². The van der Waals surface area contributed by atoms with Crippen molar-refractivity contribution in [2.75, 3.05) is 6.79 Å². The normalized spacial score (nSPS) is 20.8. The lowest BCUT2D eigenvalue weighted by molar-refractivity contribution is 0.173. The molecule has 0 spiro atoms. The summed E-state index contributed by atoms with van der Waals surface area (Å²) in [6, 6.07) is 10.9. The second kappa shape index (κ2) is 5.50. The fourth-order valence-electron chi connectivity index (χ4n) is 4.57. The van der Waals surface area contributed by atoms with Gasteiger partial charge in [0.05, 0.1) is 4.47 Å². The first-order valence-electron chi connectivity index (χ1n) is 8.73. The molecule has 3 aliphatic rings. The van der Waals surface area contributed by atoms with Gasteiger partial charge in [-0.15, -0.1) is 0 Å². The van der Waals surface area contributed by atoms with Crippen LogP contribution in [0.3, 0.4) is 0 Å². The van der Waals surface area contributed by atoms with E-state index in [9.17, 15) is 0 Å². The van der Waals surface area contributed by atoms with E-state index in [1.54, 1.807) is 0 Å². The molecule has 0 fully saturated rings. The molecule has 0 radical (unpaired) electrons. The Morgan fingerprint density at radius 2 is 2.04 bits per heavy atom. The van der Waals surface area contributed by atoms with Gasteiger partial charge in [-0.1, -0.05) is 48.9 Å². The molecule has 2 nitrogen and oxygen atoms in total. The number of fused-ring (bicyclic) bond motifs is 3. The molecule has 0 amide bonds. The summed E-state index contributed by atoms with van der Waals surface area (Å²) in [5.74, 6) is 2.56. The molecule has 1 aliphatic heterocycles. The molecule has 126 valence electrons. The van der Waals surface area contributed by atoms with Crippen LogP contribution in [-0.4, -0.2) is 6.79 Å². The van der Waals surface area contributed by atoms with Crippen molar-refractivity contribution in [3.05, 3.63) is 68.7 Å². The van der Waals surface area contributed by atoms with E-state index in [0.29, 0.717) is 18.6 Å². The van der Waals surface area contributed by atoms with Gasteiger partial charge in [-0.2, -0.15) is 0 Å². The van der Waals surface area contributed by atoms with Crippen LogP contribution in [0.25, 0.3) is 11.6 Å². The second-order valence-corrected chi connectivity index (χ2v) is 7.92. The molecule has 2 aliphatic carbocycles. The van der Waals surface area contributed by atoms with E-state index in [1.807, 2.05) is 0 Å². The average Bonchev–Trinajstić information content (AvgIpc) is 3.31. The topological polar surface area (TPSA) is 18.5 Å². The molecule has 0 saturated heterocycles. The lowest BCUT2D eigenvalue weighted by Crippen LogP contribution is -2.09. The third kappa shape index (κ3) is 2.15. The van der Waals surface area contributed by atoms with E-state index >= 15 is 0 Å². The molecular weight excluding hydrogens is 376 g/mol. The maximum absolute atomic E-state index is 5.66. The highest BCUT2D eigenvalue weighted by Crippen LogP contribution is 2.52. The van der Waals surface area contributed by atoms with E-state index in [1.165, 1.54) is 33.4 Å². The van der Waals surface area contributed by atoms with Crippen LogP contribution < -0.4 is 9.47 Å². The summed E-state index contributed by atoms with van der Waals surface area (Å²) in [4.78, 5) is 0. The van der Waals surface area contributed by atoms with Gasteiger partial charge in [-0.3, -0.25) is 0 Å². The SMILES string of the molecule is CC1=C(C(C)C2C=Cc3ccccc32)c2cc3c(c(Br)c2C1)OCO3. The predicted octanol–water partition coefficient (Wildman–Crippen LogP) is 5.95. The van der Waals surface area contributed by atoms with Gasteiger partial charge in [0.15, 0.2) is 11.5 Å². The summed E-state index contributed by atoms with van der Waals surface area (Å²) >= 11 is 3.75. The third-order valence-electron chi connectivity index (χ3n) is 5.73. The Hall–Kier alpha value is -2.00. The van der Waals surface area contributed by atoms with Crippen LogP contribution in [0.15, 0.2) is 46.5 Å². The van der Waals surface area contributed by atoms with Gasteiger partial charge in [0.2, 0.25) is 6.79 Å². The molecule has 2 atom stereocenters. The Balaban J connectivity index is 1.60. The smallest absolute Gasteiger partial charge is 0.231 e. The zero-order valence-electron chi connectivity index (χ0n) is 14.3. The Labute approximate surface area is 156 Å². The van der Waals surface area contributed by atoms with Crippen LogP contribution in [0.2, 0.25) is 0 Å². The fourth-order valence-corrected chi connectivity index (χ4v) is 5.23. The molecule has 2 unspecified atom stereocenters. The van der Waals surface area contributed by atoms with E-state index in [0.717, 1.165) is 22.4 Å². The Kier molecular flexibility index (Phi) is 3.36. The number of rotatable bonds is 2. The molecule has 25 heavy (non-hydrogen) atoms. The zero-order chi connectivity index (χ0) is 17.1. The van der Waals surface area contributed by atoms with Gasteiger partial charge >= 0.3 is 0 Å². The first-order valence-corrected chi connectivity index (χ1v) is 9.52. The van der Waals surface area contributed by atoms with Gasteiger partial charge < -0.3 is 9.47 Å². The van der Waals surface area contributed by atoms with Gasteiger partial charge in [0.25, 0.3) is 0 Å². The van der Waals surface area contributed by atoms with Crippen LogP contribution in [0, 0.1) is 5.92 Å². The quantitative estimate of drug-likeness (QED) is 0.625. The lowest BCUT2D eigenvalue weighted by Gasteiger charge is -2.23. The number of halogens is 1. The molecule has 5 rings (SSSR count). The van der Waals surface area contributed by atoms with Crippen LogP contribution in [0.5, 0.6) is 11.5 Å². The summed E-state index contributed by atoms with van der Waals surface area (Å²) in [6.45, 7) is 4.92. The summed E-state index contributed by atoms with van der Waals surface area (Å²) in [5.41, 5.74) is 8.34. The van der Waals surface area contributed by atoms with E-state index in [4.69, 9.17) is 9.47 Å². The minimum atomic E-state index is 0.309. The molecule has 1 heterocycles. The Morgan fingerprint density at radius 3 is 2.92 bits per heavy atom. The standard InChI is InChI=1S/C22H19BrO2/c1-12-9-18-17(10-19-22(21(18)23)25-11-24-19)20(12)13(2)15-8-7-14-5-3-4-6-16(14)15/h3-8,10,13,15H,9,11H2,1-2H3. The van der Waals surface area contributed by atoms with Crippen molar-refractivity contribution in [3.8, 4) is 11.5 Å². The van der Waals surface area contributed by atoms with Crippen LogP contribution >= 0.6 is 15.9 Å². The van der Waals surface area contributed by atoms with Gasteiger partial charge in [0, 0.05) is 5.92 Å². The Bertz CT molecular complexity index is 955.